The van der Waals surface area contributed by atoms with E-state index in [-0.39, 0.29) is 11.2 Å². The molecule has 1 unspecified atom stereocenters. The van der Waals surface area contributed by atoms with Crippen LogP contribution in [0.2, 0.25) is 19.8 Å². The first kappa shape index (κ1) is 27.6. The second kappa shape index (κ2) is 13.3. The van der Waals surface area contributed by atoms with Gasteiger partial charge in [0.25, 0.3) is 0 Å². The quantitative estimate of drug-likeness (QED) is 0.274. The van der Waals surface area contributed by atoms with Crippen molar-refractivity contribution < 1.29 is 9.90 Å². The molecule has 0 radical (unpaired) electrons. The van der Waals surface area contributed by atoms with Gasteiger partial charge in [0.2, 0.25) is 0 Å². The summed E-state index contributed by atoms with van der Waals surface area (Å²) in [5, 5.41) is 12.7. The molecule has 0 saturated carbocycles. The van der Waals surface area contributed by atoms with Crippen LogP contribution in [0.15, 0.2) is 115 Å². The van der Waals surface area contributed by atoms with Gasteiger partial charge in [0, 0.05) is 0 Å². The van der Waals surface area contributed by atoms with E-state index < -0.39 is 39.0 Å². The zero-order chi connectivity index (χ0) is 25.3. The molecule has 0 saturated heterocycles. The number of aliphatic carboxylic acids is 1. The first-order valence-electron chi connectivity index (χ1n) is 11.7. The van der Waals surface area contributed by atoms with Crippen molar-refractivity contribution in [3.05, 3.63) is 126 Å². The Morgan fingerprint density at radius 2 is 1.06 bits per heavy atom. The van der Waals surface area contributed by atoms with Crippen LogP contribution in [0.3, 0.4) is 0 Å². The first-order valence-corrected chi connectivity index (χ1v) is 25.0. The van der Waals surface area contributed by atoms with Gasteiger partial charge in [-0.25, -0.2) is 0 Å². The van der Waals surface area contributed by atoms with Crippen molar-refractivity contribution in [2.24, 2.45) is 0 Å². The molecular formula is C30H31ClGeO2Sn. The SMILES string of the molecule is O=C([O-])C[CH](c1ccc(Cl)cc1)[Ge]([c]1ccccc1)([c]1ccccc1)[c]1ccccc1.[CH3][Sn+]([CH3])[CH3]. The molecule has 0 bridgehead atoms. The number of halogens is 1. The summed E-state index contributed by atoms with van der Waals surface area (Å²) in [5.74, 6) is -1.04. The Kier molecular flexibility index (Phi) is 10.5. The summed E-state index contributed by atoms with van der Waals surface area (Å²) >= 11 is 2.06. The third-order valence-electron chi connectivity index (χ3n) is 5.85. The van der Waals surface area contributed by atoms with E-state index in [1.165, 1.54) is 13.2 Å². The van der Waals surface area contributed by atoms with E-state index in [1.54, 1.807) is 0 Å². The van der Waals surface area contributed by atoms with Crippen molar-refractivity contribution in [1.29, 1.82) is 0 Å². The van der Waals surface area contributed by atoms with Crippen molar-refractivity contribution in [3.8, 4) is 0 Å². The van der Waals surface area contributed by atoms with Crippen LogP contribution < -0.4 is 18.3 Å². The van der Waals surface area contributed by atoms with Crippen LogP contribution in [-0.4, -0.2) is 39.0 Å². The predicted molar refractivity (Wildman–Crippen MR) is 151 cm³/mol. The summed E-state index contributed by atoms with van der Waals surface area (Å²) in [6.45, 7) is 0. The van der Waals surface area contributed by atoms with E-state index in [9.17, 15) is 9.90 Å². The van der Waals surface area contributed by atoms with Crippen LogP contribution in [0.4, 0.5) is 0 Å². The maximum atomic E-state index is 12.1. The molecule has 1 atom stereocenters. The van der Waals surface area contributed by atoms with Gasteiger partial charge >= 0.3 is 226 Å². The van der Waals surface area contributed by atoms with Crippen LogP contribution in [0.25, 0.3) is 0 Å². The van der Waals surface area contributed by atoms with Gasteiger partial charge < -0.3 is 0 Å². The minimum atomic E-state index is -3.57. The van der Waals surface area contributed by atoms with Crippen LogP contribution in [0, 0.1) is 0 Å². The fraction of sp³-hybridized carbons (Fsp3) is 0.167. The van der Waals surface area contributed by atoms with Crippen molar-refractivity contribution in [2.45, 2.75) is 26.0 Å². The number of carbonyl (C=O) groups excluding carboxylic acids is 1. The van der Waals surface area contributed by atoms with E-state index in [1.807, 2.05) is 78.9 Å². The van der Waals surface area contributed by atoms with E-state index in [2.05, 4.69) is 51.2 Å². The van der Waals surface area contributed by atoms with Crippen LogP contribution in [-0.2, 0) is 4.79 Å². The van der Waals surface area contributed by atoms with Gasteiger partial charge in [0.1, 0.15) is 0 Å². The molecule has 0 aliphatic carbocycles. The molecule has 0 amide bonds. The van der Waals surface area contributed by atoms with Crippen molar-refractivity contribution in [3.63, 3.8) is 0 Å². The van der Waals surface area contributed by atoms with Crippen molar-refractivity contribution in [1.82, 2.24) is 0 Å². The first-order chi connectivity index (χ1) is 16.9. The molecule has 35 heavy (non-hydrogen) atoms. The molecule has 2 nitrogen and oxygen atoms in total. The Bertz CT molecular complexity index is 1080. The minimum absolute atomic E-state index is 0.0552. The summed E-state index contributed by atoms with van der Waals surface area (Å²) in [6.07, 6.45) is -0.0552. The molecule has 0 aliphatic rings. The Balaban J connectivity index is 0.000000795. The van der Waals surface area contributed by atoms with Crippen LogP contribution in [0.1, 0.15) is 16.7 Å². The Hall–Kier alpha value is -2.02. The molecular weight excluding hydrogens is 619 g/mol. The predicted octanol–water partition coefficient (Wildman–Crippen LogP) is 4.64. The number of carboxylic acid groups (broad SMARTS) is 1. The Morgan fingerprint density at radius 3 is 1.37 bits per heavy atom. The second-order valence-corrected chi connectivity index (χ2v) is 26.6. The monoisotopic (exact) mass is 652 g/mol. The number of hydrogen-bond donors (Lipinski definition) is 0. The van der Waals surface area contributed by atoms with E-state index in [4.69, 9.17) is 11.6 Å². The number of benzene rings is 4. The molecule has 0 spiro atoms. The van der Waals surface area contributed by atoms with Crippen molar-refractivity contribution in [2.75, 3.05) is 0 Å². The molecule has 178 valence electrons. The summed E-state index contributed by atoms with van der Waals surface area (Å²) < 4.78 is 3.40. The molecule has 0 aromatic heterocycles. The standard InChI is InChI=1S/C27H23ClGeO2.3CH3.Sn/c28-22-18-16-21(17-19-22)26(20-27(30)31)29(23-10-4-1-5-11-23,24-12-6-2-7-13-24)25-14-8-3-9-15-25;;;;/h1-19,26H,20H2,(H,30,31);3*1H3;/q;;;;+1/p-1. The maximum absolute atomic E-state index is 12.1. The molecule has 4 rings (SSSR count). The summed E-state index contributed by atoms with van der Waals surface area (Å²) in [7, 11) is 0. The molecule has 0 N–H and O–H groups in total. The summed E-state index contributed by atoms with van der Waals surface area (Å²) in [5.41, 5.74) is 0.977. The van der Waals surface area contributed by atoms with Gasteiger partial charge in [-0.05, 0) is 0 Å². The third kappa shape index (κ3) is 7.02. The van der Waals surface area contributed by atoms with E-state index in [0.29, 0.717) is 5.02 Å². The van der Waals surface area contributed by atoms with Gasteiger partial charge in [-0.1, -0.05) is 0 Å². The fourth-order valence-corrected chi connectivity index (χ4v) is 16.3. The number of carboxylic acids is 1. The average Bonchev–Trinajstić information content (AvgIpc) is 2.86. The fourth-order valence-electron chi connectivity index (χ4n) is 4.59. The average molecular weight is 650 g/mol. The molecule has 0 fully saturated rings. The number of rotatable bonds is 7. The zero-order valence-electron chi connectivity index (χ0n) is 20.4. The van der Waals surface area contributed by atoms with Gasteiger partial charge in [0.15, 0.2) is 0 Å². The van der Waals surface area contributed by atoms with Gasteiger partial charge in [-0.2, -0.15) is 0 Å². The number of carbonyl (C=O) groups is 1. The van der Waals surface area contributed by atoms with E-state index in [0.717, 1.165) is 5.56 Å². The molecule has 4 aromatic carbocycles. The Morgan fingerprint density at radius 1 is 0.714 bits per heavy atom. The normalized spacial score (nSPS) is 11.7. The molecule has 5 heteroatoms. The van der Waals surface area contributed by atoms with Crippen LogP contribution >= 0.6 is 11.6 Å². The molecule has 4 aromatic rings. The summed E-state index contributed by atoms with van der Waals surface area (Å²) in [4.78, 5) is 19.2. The van der Waals surface area contributed by atoms with Gasteiger partial charge in [-0.15, -0.1) is 0 Å². The van der Waals surface area contributed by atoms with Crippen molar-refractivity contribution >= 4 is 63.8 Å². The zero-order valence-corrected chi connectivity index (χ0v) is 26.2. The van der Waals surface area contributed by atoms with Crippen LogP contribution in [0.5, 0.6) is 0 Å². The van der Waals surface area contributed by atoms with E-state index >= 15 is 0 Å². The van der Waals surface area contributed by atoms with Gasteiger partial charge in [0.05, 0.1) is 0 Å². The topological polar surface area (TPSA) is 40.1 Å². The third-order valence-corrected chi connectivity index (χ3v) is 17.3. The number of hydrogen-bond acceptors (Lipinski definition) is 2. The second-order valence-electron chi connectivity index (χ2n) is 9.09. The van der Waals surface area contributed by atoms with Gasteiger partial charge in [-0.3, -0.25) is 0 Å². The Labute approximate surface area is 224 Å². The molecule has 0 aliphatic heterocycles. The molecule has 0 heterocycles. The summed E-state index contributed by atoms with van der Waals surface area (Å²) in [6, 6.07) is 38.8.